The predicted molar refractivity (Wildman–Crippen MR) is 131 cm³/mol. The Morgan fingerprint density at radius 2 is 1.61 bits per heavy atom. The van der Waals surface area contributed by atoms with E-state index < -0.39 is 36.1 Å². The second-order valence-corrected chi connectivity index (χ2v) is 8.41. The maximum absolute atomic E-state index is 12.8. The van der Waals surface area contributed by atoms with Gasteiger partial charge in [-0.25, -0.2) is 0 Å². The van der Waals surface area contributed by atoms with Gasteiger partial charge in [0, 0.05) is 24.3 Å². The van der Waals surface area contributed by atoms with Crippen molar-refractivity contribution in [2.45, 2.75) is 12.6 Å². The van der Waals surface area contributed by atoms with Crippen LogP contribution in [0, 0.1) is 5.92 Å². The minimum atomic E-state index is -4.56. The summed E-state index contributed by atoms with van der Waals surface area (Å²) in [6.07, 6.45) is -4.66. The predicted octanol–water partition coefficient (Wildman–Crippen LogP) is 5.04. The molecule has 0 bridgehead atoms. The van der Waals surface area contributed by atoms with Crippen LogP contribution in [0.1, 0.15) is 12.0 Å². The molecule has 0 saturated carbocycles. The summed E-state index contributed by atoms with van der Waals surface area (Å²) in [4.78, 5) is 38.5. The van der Waals surface area contributed by atoms with Gasteiger partial charge in [0.05, 0.1) is 18.6 Å². The van der Waals surface area contributed by atoms with E-state index in [1.807, 2.05) is 0 Å². The lowest BCUT2D eigenvalue weighted by Gasteiger charge is -2.17. The second kappa shape index (κ2) is 11.2. The lowest BCUT2D eigenvalue weighted by molar-refractivity contribution is -0.151. The molecule has 0 radical (unpaired) electrons. The number of benzene rings is 3. The van der Waals surface area contributed by atoms with E-state index in [0.29, 0.717) is 22.9 Å². The quantitative estimate of drug-likeness (QED) is 0.412. The first-order chi connectivity index (χ1) is 18.1. The van der Waals surface area contributed by atoms with Crippen molar-refractivity contribution in [3.05, 3.63) is 78.4 Å². The van der Waals surface area contributed by atoms with E-state index in [4.69, 9.17) is 14.2 Å². The van der Waals surface area contributed by atoms with Crippen LogP contribution in [0.25, 0.3) is 0 Å². The van der Waals surface area contributed by atoms with Gasteiger partial charge < -0.3 is 24.4 Å². The molecule has 0 aliphatic carbocycles. The summed E-state index contributed by atoms with van der Waals surface area (Å²) in [5.74, 6) is -0.775. The molecule has 1 heterocycles. The Balaban J connectivity index is 1.28. The molecule has 3 aromatic carbocycles. The number of hydrogen-bond donors (Lipinski definition) is 1. The summed E-state index contributed by atoms with van der Waals surface area (Å²) in [5.41, 5.74) is -0.436. The number of ether oxygens (including phenoxy) is 3. The van der Waals surface area contributed by atoms with E-state index in [9.17, 15) is 27.6 Å². The van der Waals surface area contributed by atoms with Gasteiger partial charge in [0.25, 0.3) is 5.91 Å². The van der Waals surface area contributed by atoms with E-state index in [2.05, 4.69) is 5.32 Å². The van der Waals surface area contributed by atoms with Crippen LogP contribution in [-0.2, 0) is 25.3 Å². The summed E-state index contributed by atoms with van der Waals surface area (Å²) in [7, 11) is 1.57. The number of nitrogens with one attached hydrogen (secondary N) is 1. The van der Waals surface area contributed by atoms with E-state index in [1.165, 1.54) is 11.0 Å². The lowest BCUT2D eigenvalue weighted by Crippen LogP contribution is -2.28. The fraction of sp³-hybridized carbons (Fsp3) is 0.222. The van der Waals surface area contributed by atoms with E-state index in [-0.39, 0.29) is 24.6 Å². The summed E-state index contributed by atoms with van der Waals surface area (Å²) in [6.45, 7) is -0.636. The zero-order chi connectivity index (χ0) is 27.3. The summed E-state index contributed by atoms with van der Waals surface area (Å²) < 4.78 is 54.4. The van der Waals surface area contributed by atoms with Crippen molar-refractivity contribution < 1.29 is 41.8 Å². The van der Waals surface area contributed by atoms with Gasteiger partial charge in [-0.05, 0) is 66.7 Å². The first kappa shape index (κ1) is 26.5. The molecule has 1 aliphatic rings. The number of alkyl halides is 3. The smallest absolute Gasteiger partial charge is 0.416 e. The number of anilines is 2. The topological polar surface area (TPSA) is 94.2 Å². The highest BCUT2D eigenvalue weighted by Crippen LogP contribution is 2.31. The van der Waals surface area contributed by atoms with E-state index >= 15 is 0 Å². The average molecular weight is 528 g/mol. The summed E-state index contributed by atoms with van der Waals surface area (Å²) >= 11 is 0. The third kappa shape index (κ3) is 6.61. The molecule has 11 heteroatoms. The highest BCUT2D eigenvalue weighted by molar-refractivity contribution is 6.00. The molecule has 1 fully saturated rings. The number of rotatable bonds is 8. The number of halogens is 3. The number of methoxy groups -OCH3 is 1. The van der Waals surface area contributed by atoms with Crippen molar-refractivity contribution in [2.24, 2.45) is 5.92 Å². The van der Waals surface area contributed by atoms with Crippen molar-refractivity contribution in [1.29, 1.82) is 0 Å². The third-order valence-corrected chi connectivity index (χ3v) is 5.72. The molecule has 1 atom stereocenters. The highest BCUT2D eigenvalue weighted by atomic mass is 19.4. The van der Waals surface area contributed by atoms with E-state index in [0.717, 1.165) is 18.2 Å². The van der Waals surface area contributed by atoms with Gasteiger partial charge in [-0.3, -0.25) is 14.4 Å². The fourth-order valence-corrected chi connectivity index (χ4v) is 3.81. The molecule has 1 aliphatic heterocycles. The molecular weight excluding hydrogens is 505 g/mol. The third-order valence-electron chi connectivity index (χ3n) is 5.72. The Morgan fingerprint density at radius 1 is 0.974 bits per heavy atom. The molecule has 2 amide bonds. The first-order valence-electron chi connectivity index (χ1n) is 11.5. The van der Waals surface area contributed by atoms with Crippen molar-refractivity contribution in [3.8, 4) is 17.2 Å². The number of amides is 2. The Hall–Kier alpha value is -4.54. The average Bonchev–Trinajstić information content (AvgIpc) is 3.29. The Kier molecular flexibility index (Phi) is 7.85. The van der Waals surface area contributed by atoms with Crippen LogP contribution in [0.2, 0.25) is 0 Å². The molecule has 8 nitrogen and oxygen atoms in total. The highest BCUT2D eigenvalue weighted by Gasteiger charge is 2.36. The van der Waals surface area contributed by atoms with Gasteiger partial charge in [0.15, 0.2) is 6.61 Å². The van der Waals surface area contributed by atoms with Crippen LogP contribution < -0.4 is 19.7 Å². The van der Waals surface area contributed by atoms with E-state index in [1.54, 1.807) is 55.6 Å². The maximum atomic E-state index is 12.8. The zero-order valence-electron chi connectivity index (χ0n) is 20.2. The van der Waals surface area contributed by atoms with Gasteiger partial charge in [-0.1, -0.05) is 6.07 Å². The molecule has 3 aromatic rings. The monoisotopic (exact) mass is 528 g/mol. The second-order valence-electron chi connectivity index (χ2n) is 8.41. The number of carbonyl (C=O) groups is 3. The minimum Gasteiger partial charge on any atom is -0.497 e. The van der Waals surface area contributed by atoms with Gasteiger partial charge in [-0.2, -0.15) is 13.2 Å². The maximum Gasteiger partial charge on any atom is 0.416 e. The first-order valence-corrected chi connectivity index (χ1v) is 11.5. The van der Waals surface area contributed by atoms with Crippen molar-refractivity contribution in [2.75, 3.05) is 30.5 Å². The van der Waals surface area contributed by atoms with Crippen LogP contribution in [0.15, 0.2) is 72.8 Å². The number of esters is 1. The SMILES string of the molecule is COc1ccc(Oc2ccc(N3C[C@H](C(=O)OCC(=O)Nc4cccc(C(F)(F)F)c4)CC3=O)cc2)cc1. The largest absolute Gasteiger partial charge is 0.497 e. The summed E-state index contributed by atoms with van der Waals surface area (Å²) in [6, 6.07) is 17.9. The van der Waals surface area contributed by atoms with Crippen LogP contribution in [0.5, 0.6) is 17.2 Å². The minimum absolute atomic E-state index is 0.0611. The Labute approximate surface area is 215 Å². The van der Waals surface area contributed by atoms with Crippen molar-refractivity contribution in [3.63, 3.8) is 0 Å². The van der Waals surface area contributed by atoms with Crippen LogP contribution in [0.4, 0.5) is 24.5 Å². The Morgan fingerprint density at radius 3 is 2.24 bits per heavy atom. The Bertz CT molecular complexity index is 1310. The zero-order valence-corrected chi connectivity index (χ0v) is 20.2. The molecule has 0 aromatic heterocycles. The van der Waals surface area contributed by atoms with Gasteiger partial charge in [-0.15, -0.1) is 0 Å². The van der Waals surface area contributed by atoms with Crippen LogP contribution in [-0.4, -0.2) is 38.0 Å². The molecule has 0 unspecified atom stereocenters. The fourth-order valence-electron chi connectivity index (χ4n) is 3.81. The molecule has 1 saturated heterocycles. The van der Waals surface area contributed by atoms with Gasteiger partial charge >= 0.3 is 12.1 Å². The van der Waals surface area contributed by atoms with Gasteiger partial charge in [0.2, 0.25) is 5.91 Å². The summed E-state index contributed by atoms with van der Waals surface area (Å²) in [5, 5.41) is 2.26. The number of carbonyl (C=O) groups excluding carboxylic acids is 3. The standard InChI is InChI=1S/C27H23F3N2O6/c1-36-21-9-11-23(12-10-21)38-22-7-5-20(6-8-22)32-15-17(13-25(32)34)26(35)37-16-24(33)31-19-4-2-3-18(14-19)27(28,29)30/h2-12,14,17H,13,15-16H2,1H3,(H,31,33)/t17-/m1/s1. The molecule has 1 N–H and O–H groups in total. The number of nitrogens with zero attached hydrogens (tertiary/aromatic N) is 1. The molecular formula is C27H23F3N2O6. The molecule has 38 heavy (non-hydrogen) atoms. The van der Waals surface area contributed by atoms with Crippen LogP contribution >= 0.6 is 0 Å². The number of hydrogen-bond acceptors (Lipinski definition) is 6. The van der Waals surface area contributed by atoms with Crippen molar-refractivity contribution in [1.82, 2.24) is 0 Å². The molecule has 0 spiro atoms. The van der Waals surface area contributed by atoms with Crippen molar-refractivity contribution >= 4 is 29.2 Å². The lowest BCUT2D eigenvalue weighted by atomic mass is 10.1. The normalized spacial score (nSPS) is 15.2. The van der Waals surface area contributed by atoms with Gasteiger partial charge in [0.1, 0.15) is 17.2 Å². The molecule has 4 rings (SSSR count). The van der Waals surface area contributed by atoms with Crippen LogP contribution in [0.3, 0.4) is 0 Å². The molecule has 198 valence electrons.